The van der Waals surface area contributed by atoms with Crippen LogP contribution in [0, 0.1) is 6.92 Å². The molecule has 4 aromatic rings. The zero-order valence-electron chi connectivity index (χ0n) is 17.9. The Morgan fingerprint density at radius 2 is 1.75 bits per heavy atom. The Kier molecular flexibility index (Phi) is 6.87. The molecule has 0 saturated carbocycles. The van der Waals surface area contributed by atoms with Gasteiger partial charge >= 0.3 is 0 Å². The highest BCUT2D eigenvalue weighted by Crippen LogP contribution is 2.24. The molecular formula is C25H24N4O2S. The number of carbonyl (C=O) groups excluding carboxylic acids is 1. The molecule has 0 aliphatic heterocycles. The minimum atomic E-state index is -0.356. The molecule has 3 aromatic carbocycles. The molecule has 0 fully saturated rings. The molecule has 0 saturated heterocycles. The largest absolute Gasteiger partial charge is 0.489 e. The molecule has 32 heavy (non-hydrogen) atoms. The fourth-order valence-corrected chi connectivity index (χ4v) is 3.70. The lowest BCUT2D eigenvalue weighted by molar-refractivity contribution is -0.115. The Hall–Kier alpha value is -3.58. The number of nitrogens with zero attached hydrogens (tertiary/aromatic N) is 2. The first-order valence-corrected chi connectivity index (χ1v) is 11.2. The molecule has 2 N–H and O–H groups in total. The topological polar surface area (TPSA) is 79.9 Å². The molecule has 0 aliphatic rings. The average molecular weight is 445 g/mol. The van der Waals surface area contributed by atoms with Crippen LogP contribution in [0.5, 0.6) is 5.75 Å². The van der Waals surface area contributed by atoms with Crippen molar-refractivity contribution in [2.24, 2.45) is 0 Å². The van der Waals surface area contributed by atoms with E-state index in [-0.39, 0.29) is 11.2 Å². The van der Waals surface area contributed by atoms with Crippen molar-refractivity contribution < 1.29 is 9.53 Å². The van der Waals surface area contributed by atoms with Crippen LogP contribution in [0.25, 0.3) is 11.4 Å². The number of benzene rings is 3. The molecule has 1 unspecified atom stereocenters. The highest BCUT2D eigenvalue weighted by Gasteiger charge is 2.17. The summed E-state index contributed by atoms with van der Waals surface area (Å²) >= 11 is 1.31. The first-order chi connectivity index (χ1) is 15.6. The van der Waals surface area contributed by atoms with Crippen LogP contribution < -0.4 is 10.1 Å². The van der Waals surface area contributed by atoms with E-state index in [0.29, 0.717) is 23.3 Å². The summed E-state index contributed by atoms with van der Waals surface area (Å²) in [5.74, 6) is 1.32. The van der Waals surface area contributed by atoms with Crippen LogP contribution in [-0.2, 0) is 11.4 Å². The van der Waals surface area contributed by atoms with Crippen molar-refractivity contribution in [1.29, 1.82) is 0 Å². The molecule has 1 heterocycles. The number of aryl methyl sites for hydroxylation is 1. The zero-order valence-corrected chi connectivity index (χ0v) is 18.7. The maximum absolute atomic E-state index is 12.6. The molecule has 0 bridgehead atoms. The predicted octanol–water partition coefficient (Wildman–Crippen LogP) is 5.48. The molecule has 6 nitrogen and oxygen atoms in total. The van der Waals surface area contributed by atoms with Crippen LogP contribution in [0.1, 0.15) is 18.1 Å². The minimum Gasteiger partial charge on any atom is -0.489 e. The number of nitrogens with one attached hydrogen (secondary N) is 2. The van der Waals surface area contributed by atoms with Crippen molar-refractivity contribution in [2.45, 2.75) is 30.9 Å². The van der Waals surface area contributed by atoms with Crippen LogP contribution >= 0.6 is 11.8 Å². The van der Waals surface area contributed by atoms with Crippen LogP contribution in [0.2, 0.25) is 0 Å². The number of ether oxygens (including phenoxy) is 1. The summed E-state index contributed by atoms with van der Waals surface area (Å²) in [6, 6.07) is 25.4. The monoisotopic (exact) mass is 444 g/mol. The quantitative estimate of drug-likeness (QED) is 0.352. The van der Waals surface area contributed by atoms with E-state index in [2.05, 4.69) is 20.5 Å². The van der Waals surface area contributed by atoms with E-state index in [4.69, 9.17) is 4.74 Å². The Balaban J connectivity index is 1.29. The molecule has 0 radical (unpaired) electrons. The molecule has 162 valence electrons. The van der Waals surface area contributed by atoms with E-state index in [9.17, 15) is 4.79 Å². The number of H-pyrrole nitrogens is 1. The maximum Gasteiger partial charge on any atom is 0.237 e. The summed E-state index contributed by atoms with van der Waals surface area (Å²) in [7, 11) is 0. The van der Waals surface area contributed by atoms with E-state index in [1.807, 2.05) is 92.7 Å². The molecule has 0 aliphatic carbocycles. The van der Waals surface area contributed by atoms with Crippen LogP contribution in [0.3, 0.4) is 0 Å². The van der Waals surface area contributed by atoms with E-state index in [1.54, 1.807) is 0 Å². The minimum absolute atomic E-state index is 0.116. The van der Waals surface area contributed by atoms with Gasteiger partial charge in [-0.1, -0.05) is 71.9 Å². The van der Waals surface area contributed by atoms with E-state index in [1.165, 1.54) is 17.3 Å². The zero-order chi connectivity index (χ0) is 22.3. The van der Waals surface area contributed by atoms with Gasteiger partial charge in [0.2, 0.25) is 11.1 Å². The third-order valence-corrected chi connectivity index (χ3v) is 5.77. The fraction of sp³-hybridized carbons (Fsp3) is 0.160. The molecular weight excluding hydrogens is 420 g/mol. The number of hydrogen-bond acceptors (Lipinski definition) is 5. The summed E-state index contributed by atoms with van der Waals surface area (Å²) < 4.78 is 5.79. The second kappa shape index (κ2) is 10.2. The Morgan fingerprint density at radius 3 is 2.47 bits per heavy atom. The summed E-state index contributed by atoms with van der Waals surface area (Å²) in [5.41, 5.74) is 3.96. The number of aromatic nitrogens is 3. The highest BCUT2D eigenvalue weighted by molar-refractivity contribution is 8.00. The third-order valence-electron chi connectivity index (χ3n) is 4.81. The summed E-state index contributed by atoms with van der Waals surface area (Å²) in [6.07, 6.45) is 0. The van der Waals surface area contributed by atoms with Gasteiger partial charge in [-0.3, -0.25) is 9.89 Å². The summed E-state index contributed by atoms with van der Waals surface area (Å²) in [4.78, 5) is 17.1. The molecule has 1 aromatic heterocycles. The van der Waals surface area contributed by atoms with E-state index in [0.717, 1.165) is 16.9 Å². The SMILES string of the molecule is Cc1ccc(-c2nc(SC(C)C(=O)Nc3ccc(OCc4ccccc4)cc3)n[nH]2)cc1. The van der Waals surface area contributed by atoms with Crippen molar-refractivity contribution in [3.63, 3.8) is 0 Å². The van der Waals surface area contributed by atoms with Gasteiger partial charge < -0.3 is 10.1 Å². The highest BCUT2D eigenvalue weighted by atomic mass is 32.2. The van der Waals surface area contributed by atoms with Crippen molar-refractivity contribution >= 4 is 23.4 Å². The van der Waals surface area contributed by atoms with E-state index < -0.39 is 0 Å². The van der Waals surface area contributed by atoms with Crippen molar-refractivity contribution in [2.75, 3.05) is 5.32 Å². The third kappa shape index (κ3) is 5.76. The standard InChI is InChI=1S/C25H24N4O2S/c1-17-8-10-20(11-9-17)23-27-25(29-28-23)32-18(2)24(30)26-21-12-14-22(15-13-21)31-16-19-6-4-3-5-7-19/h3-15,18H,16H2,1-2H3,(H,26,30)(H,27,28,29). The number of hydrogen-bond donors (Lipinski definition) is 2. The molecule has 1 amide bonds. The number of carbonyl (C=O) groups is 1. The molecule has 1 atom stereocenters. The van der Waals surface area contributed by atoms with E-state index >= 15 is 0 Å². The predicted molar refractivity (Wildman–Crippen MR) is 128 cm³/mol. The average Bonchev–Trinajstić information content (AvgIpc) is 3.28. The first-order valence-electron chi connectivity index (χ1n) is 10.3. The number of thioether (sulfide) groups is 1. The lowest BCUT2D eigenvalue weighted by Gasteiger charge is -2.11. The summed E-state index contributed by atoms with van der Waals surface area (Å²) in [6.45, 7) is 4.37. The lowest BCUT2D eigenvalue weighted by Crippen LogP contribution is -2.22. The van der Waals surface area contributed by atoms with Gasteiger partial charge in [0, 0.05) is 11.3 Å². The number of amides is 1. The van der Waals surface area contributed by atoms with Crippen molar-refractivity contribution in [1.82, 2.24) is 15.2 Å². The number of rotatable bonds is 8. The fourth-order valence-electron chi connectivity index (χ4n) is 2.97. The number of anilines is 1. The van der Waals surface area contributed by atoms with Crippen molar-refractivity contribution in [3.8, 4) is 17.1 Å². The Bertz CT molecular complexity index is 1160. The Morgan fingerprint density at radius 1 is 1.03 bits per heavy atom. The summed E-state index contributed by atoms with van der Waals surface area (Å²) in [5, 5.41) is 10.3. The van der Waals surface area contributed by atoms with Gasteiger partial charge in [-0.2, -0.15) is 0 Å². The Labute approximate surface area is 191 Å². The van der Waals surface area contributed by atoms with Gasteiger partial charge in [-0.15, -0.1) is 5.10 Å². The normalized spacial score (nSPS) is 11.7. The van der Waals surface area contributed by atoms with Gasteiger partial charge in [0.1, 0.15) is 12.4 Å². The van der Waals surface area contributed by atoms with Gasteiger partial charge in [-0.05, 0) is 43.7 Å². The van der Waals surface area contributed by atoms with Gasteiger partial charge in [-0.25, -0.2) is 4.98 Å². The molecule has 4 rings (SSSR count). The number of aromatic amines is 1. The second-order valence-electron chi connectivity index (χ2n) is 7.38. The smallest absolute Gasteiger partial charge is 0.237 e. The van der Waals surface area contributed by atoms with Gasteiger partial charge in [0.15, 0.2) is 5.82 Å². The van der Waals surface area contributed by atoms with Crippen LogP contribution in [0.15, 0.2) is 84.0 Å². The molecule has 7 heteroatoms. The van der Waals surface area contributed by atoms with Crippen molar-refractivity contribution in [3.05, 3.63) is 90.0 Å². The van der Waals surface area contributed by atoms with Crippen LogP contribution in [0.4, 0.5) is 5.69 Å². The van der Waals surface area contributed by atoms with Crippen LogP contribution in [-0.4, -0.2) is 26.3 Å². The first kappa shape index (κ1) is 21.6. The van der Waals surface area contributed by atoms with Gasteiger partial charge in [0.05, 0.1) is 5.25 Å². The second-order valence-corrected chi connectivity index (χ2v) is 8.69. The van der Waals surface area contributed by atoms with Gasteiger partial charge in [0.25, 0.3) is 0 Å². The maximum atomic E-state index is 12.6. The lowest BCUT2D eigenvalue weighted by atomic mass is 10.1. The molecule has 0 spiro atoms.